The molecule has 0 aliphatic heterocycles. The lowest BCUT2D eigenvalue weighted by Gasteiger charge is -2.06. The van der Waals surface area contributed by atoms with E-state index in [1.807, 2.05) is 24.3 Å². The zero-order chi connectivity index (χ0) is 16.9. The van der Waals surface area contributed by atoms with Gasteiger partial charge in [0, 0.05) is 12.1 Å². The van der Waals surface area contributed by atoms with Gasteiger partial charge in [-0.15, -0.1) is 10.2 Å². The van der Waals surface area contributed by atoms with Crippen molar-refractivity contribution in [3.05, 3.63) is 65.2 Å². The number of carbonyl (C=O) groups excluding carboxylic acids is 1. The van der Waals surface area contributed by atoms with E-state index in [-0.39, 0.29) is 12.3 Å². The molecule has 2 N–H and O–H groups in total. The number of aromatic amines is 1. The molecule has 2 aromatic carbocycles. The first-order chi connectivity index (χ1) is 11.6. The summed E-state index contributed by atoms with van der Waals surface area (Å²) >= 11 is 0. The Labute approximate surface area is 135 Å². The molecule has 0 spiro atoms. The van der Waals surface area contributed by atoms with Crippen molar-refractivity contribution in [3.8, 4) is 11.4 Å². The average molecular weight is 329 g/mol. The average Bonchev–Trinajstić information content (AvgIpc) is 3.11. The first kappa shape index (κ1) is 15.7. The van der Waals surface area contributed by atoms with Gasteiger partial charge in [-0.1, -0.05) is 30.3 Å². The van der Waals surface area contributed by atoms with Gasteiger partial charge in [0.25, 0.3) is 0 Å². The quantitative estimate of drug-likeness (QED) is 0.750. The molecule has 0 saturated carbocycles. The first-order valence-corrected chi connectivity index (χ1v) is 7.15. The minimum atomic E-state index is -0.961. The molecule has 0 bridgehead atoms. The number of nitrogens with zero attached hydrogens (tertiary/aromatic N) is 3. The van der Waals surface area contributed by atoms with E-state index in [9.17, 15) is 13.6 Å². The first-order valence-electron chi connectivity index (χ1n) is 7.15. The molecular formula is C16H13F2N5O. The van der Waals surface area contributed by atoms with Crippen LogP contribution in [-0.4, -0.2) is 26.5 Å². The van der Waals surface area contributed by atoms with Crippen molar-refractivity contribution in [2.24, 2.45) is 0 Å². The van der Waals surface area contributed by atoms with Gasteiger partial charge in [0.15, 0.2) is 11.6 Å². The van der Waals surface area contributed by atoms with E-state index >= 15 is 0 Å². The smallest absolute Gasteiger partial charge is 0.224 e. The summed E-state index contributed by atoms with van der Waals surface area (Å²) in [5.41, 5.74) is 2.11. The fourth-order valence-electron chi connectivity index (χ4n) is 2.15. The van der Waals surface area contributed by atoms with E-state index in [1.165, 1.54) is 6.07 Å². The Kier molecular flexibility index (Phi) is 4.55. The lowest BCUT2D eigenvalue weighted by atomic mass is 10.1. The summed E-state index contributed by atoms with van der Waals surface area (Å²) in [6, 6.07) is 10.7. The van der Waals surface area contributed by atoms with E-state index in [1.54, 1.807) is 0 Å². The van der Waals surface area contributed by atoms with Crippen molar-refractivity contribution in [1.29, 1.82) is 0 Å². The van der Waals surface area contributed by atoms with Crippen molar-refractivity contribution >= 4 is 5.91 Å². The lowest BCUT2D eigenvalue weighted by Crippen LogP contribution is -2.24. The van der Waals surface area contributed by atoms with Gasteiger partial charge in [0.2, 0.25) is 11.7 Å². The molecule has 24 heavy (non-hydrogen) atoms. The summed E-state index contributed by atoms with van der Waals surface area (Å²) in [4.78, 5) is 11.9. The summed E-state index contributed by atoms with van der Waals surface area (Å²) in [6.45, 7) is 0.328. The maximum atomic E-state index is 13.1. The Morgan fingerprint density at radius 1 is 1.04 bits per heavy atom. The number of carbonyl (C=O) groups is 1. The number of benzene rings is 2. The second-order valence-corrected chi connectivity index (χ2v) is 5.13. The standard InChI is InChI=1S/C16H13F2N5O/c17-13-6-3-11(7-14(13)18)8-15(24)19-9-10-1-4-12(5-2-10)16-20-22-23-21-16/h1-7H,8-9H2,(H,19,24)(H,20,21,22,23). The van der Waals surface area contributed by atoms with Gasteiger partial charge in [-0.3, -0.25) is 4.79 Å². The zero-order valence-electron chi connectivity index (χ0n) is 12.5. The number of tetrazole rings is 1. The second kappa shape index (κ2) is 6.95. The van der Waals surface area contributed by atoms with Crippen LogP contribution in [0, 0.1) is 11.6 Å². The maximum absolute atomic E-state index is 13.1. The van der Waals surface area contributed by atoms with Crippen LogP contribution in [0.2, 0.25) is 0 Å². The summed E-state index contributed by atoms with van der Waals surface area (Å²) < 4.78 is 26.0. The number of amides is 1. The van der Waals surface area contributed by atoms with E-state index in [0.29, 0.717) is 17.9 Å². The Morgan fingerprint density at radius 2 is 1.79 bits per heavy atom. The largest absolute Gasteiger partial charge is 0.352 e. The molecule has 0 fully saturated rings. The number of hydrogen-bond donors (Lipinski definition) is 2. The molecule has 6 nitrogen and oxygen atoms in total. The molecule has 122 valence electrons. The van der Waals surface area contributed by atoms with Crippen LogP contribution in [0.3, 0.4) is 0 Å². The highest BCUT2D eigenvalue weighted by Crippen LogP contribution is 2.14. The molecule has 0 aliphatic rings. The zero-order valence-corrected chi connectivity index (χ0v) is 12.5. The minimum absolute atomic E-state index is 0.0157. The number of halogens is 2. The van der Waals surface area contributed by atoms with Crippen molar-refractivity contribution < 1.29 is 13.6 Å². The van der Waals surface area contributed by atoms with Crippen molar-refractivity contribution in [2.45, 2.75) is 13.0 Å². The number of rotatable bonds is 5. The van der Waals surface area contributed by atoms with Crippen LogP contribution in [0.15, 0.2) is 42.5 Å². The Balaban J connectivity index is 1.55. The third kappa shape index (κ3) is 3.78. The Bertz CT molecular complexity index is 834. The highest BCUT2D eigenvalue weighted by atomic mass is 19.2. The molecule has 0 unspecified atom stereocenters. The number of H-pyrrole nitrogens is 1. The highest BCUT2D eigenvalue weighted by molar-refractivity contribution is 5.78. The lowest BCUT2D eigenvalue weighted by molar-refractivity contribution is -0.120. The topological polar surface area (TPSA) is 83.6 Å². The van der Waals surface area contributed by atoms with Gasteiger partial charge in [0.05, 0.1) is 6.42 Å². The molecular weight excluding hydrogens is 316 g/mol. The molecule has 1 aromatic heterocycles. The monoisotopic (exact) mass is 329 g/mol. The predicted octanol–water partition coefficient (Wildman–Crippen LogP) is 2.00. The van der Waals surface area contributed by atoms with Gasteiger partial charge >= 0.3 is 0 Å². The van der Waals surface area contributed by atoms with Gasteiger partial charge in [-0.25, -0.2) is 8.78 Å². The van der Waals surface area contributed by atoms with Crippen LogP contribution in [0.4, 0.5) is 8.78 Å². The SMILES string of the molecule is O=C(Cc1ccc(F)c(F)c1)NCc1ccc(-c2nn[nH]n2)cc1. The van der Waals surface area contributed by atoms with Crippen LogP contribution in [0.25, 0.3) is 11.4 Å². The van der Waals surface area contributed by atoms with Gasteiger partial charge in [0.1, 0.15) is 0 Å². The molecule has 3 aromatic rings. The third-order valence-electron chi connectivity index (χ3n) is 3.40. The minimum Gasteiger partial charge on any atom is -0.352 e. The van der Waals surface area contributed by atoms with Crippen molar-refractivity contribution in [3.63, 3.8) is 0 Å². The van der Waals surface area contributed by atoms with Gasteiger partial charge < -0.3 is 5.32 Å². The number of aromatic nitrogens is 4. The van der Waals surface area contributed by atoms with Crippen LogP contribution in [-0.2, 0) is 17.8 Å². The van der Waals surface area contributed by atoms with Crippen LogP contribution in [0.5, 0.6) is 0 Å². The Morgan fingerprint density at radius 3 is 2.46 bits per heavy atom. The second-order valence-electron chi connectivity index (χ2n) is 5.13. The van der Waals surface area contributed by atoms with Crippen molar-refractivity contribution in [2.75, 3.05) is 0 Å². The molecule has 0 atom stereocenters. The summed E-state index contributed by atoms with van der Waals surface area (Å²) in [6.07, 6.45) is -0.0157. The molecule has 0 aliphatic carbocycles. The van der Waals surface area contributed by atoms with Crippen LogP contribution < -0.4 is 5.32 Å². The van der Waals surface area contributed by atoms with E-state index in [0.717, 1.165) is 23.3 Å². The maximum Gasteiger partial charge on any atom is 0.224 e. The van der Waals surface area contributed by atoms with Crippen LogP contribution in [0.1, 0.15) is 11.1 Å². The molecule has 0 radical (unpaired) electrons. The van der Waals surface area contributed by atoms with Crippen molar-refractivity contribution in [1.82, 2.24) is 25.9 Å². The molecule has 0 saturated heterocycles. The Hall–Kier alpha value is -3.16. The number of hydrogen-bond acceptors (Lipinski definition) is 4. The fraction of sp³-hybridized carbons (Fsp3) is 0.125. The summed E-state index contributed by atoms with van der Waals surface area (Å²) in [5.74, 6) is -1.68. The van der Waals surface area contributed by atoms with Gasteiger partial charge in [-0.05, 0) is 28.5 Å². The summed E-state index contributed by atoms with van der Waals surface area (Å²) in [5, 5.41) is 16.3. The summed E-state index contributed by atoms with van der Waals surface area (Å²) in [7, 11) is 0. The normalized spacial score (nSPS) is 10.6. The molecule has 8 heteroatoms. The number of nitrogens with one attached hydrogen (secondary N) is 2. The molecule has 1 heterocycles. The third-order valence-corrected chi connectivity index (χ3v) is 3.40. The molecule has 1 amide bonds. The van der Waals surface area contributed by atoms with E-state index in [2.05, 4.69) is 25.9 Å². The van der Waals surface area contributed by atoms with Gasteiger partial charge in [-0.2, -0.15) is 5.21 Å². The molecule has 3 rings (SSSR count). The van der Waals surface area contributed by atoms with E-state index in [4.69, 9.17) is 0 Å². The fourth-order valence-corrected chi connectivity index (χ4v) is 2.15. The highest BCUT2D eigenvalue weighted by Gasteiger charge is 2.08. The predicted molar refractivity (Wildman–Crippen MR) is 81.5 cm³/mol. The van der Waals surface area contributed by atoms with E-state index < -0.39 is 11.6 Å². The van der Waals surface area contributed by atoms with Crippen LogP contribution >= 0.6 is 0 Å².